The Labute approximate surface area is 244 Å². The Balaban J connectivity index is 3.65. The van der Waals surface area contributed by atoms with E-state index in [1.165, 1.54) is 0 Å². The molecule has 1 rings (SSSR count). The topological polar surface area (TPSA) is 87.7 Å². The monoisotopic (exact) mass is 559 g/mol. The van der Waals surface area contributed by atoms with Gasteiger partial charge in [0.05, 0.1) is 0 Å². The van der Waals surface area contributed by atoms with Gasteiger partial charge in [0.2, 0.25) is 11.8 Å². The third-order valence-corrected chi connectivity index (χ3v) is 7.13. The number of carbonyl (C=O) groups excluding carboxylic acids is 3. The van der Waals surface area contributed by atoms with E-state index in [0.29, 0.717) is 18.9 Å². The molecule has 7 nitrogen and oxygen atoms in total. The highest BCUT2D eigenvalue weighted by molar-refractivity contribution is 5.92. The van der Waals surface area contributed by atoms with Crippen molar-refractivity contribution in [2.24, 2.45) is 11.8 Å². The van der Waals surface area contributed by atoms with E-state index in [1.54, 1.807) is 25.7 Å². The van der Waals surface area contributed by atoms with E-state index >= 15 is 0 Å². The summed E-state index contributed by atoms with van der Waals surface area (Å²) in [4.78, 5) is 43.1. The maximum atomic E-state index is 14.5. The number of hydrogen-bond donors (Lipinski definition) is 2. The molecule has 0 saturated carbocycles. The van der Waals surface area contributed by atoms with Crippen molar-refractivity contribution in [2.45, 2.75) is 138 Å². The average molecular weight is 560 g/mol. The van der Waals surface area contributed by atoms with Crippen LogP contribution >= 0.6 is 0 Å². The molecule has 0 aliphatic rings. The fourth-order valence-electron chi connectivity index (χ4n) is 4.81. The van der Waals surface area contributed by atoms with Crippen molar-refractivity contribution in [3.05, 3.63) is 34.9 Å². The zero-order valence-electron chi connectivity index (χ0n) is 27.1. The summed E-state index contributed by atoms with van der Waals surface area (Å²) in [6.45, 7) is 22.5. The molecule has 228 valence electrons. The Morgan fingerprint density at radius 3 is 2.15 bits per heavy atom. The lowest BCUT2D eigenvalue weighted by Crippen LogP contribution is -2.56. The van der Waals surface area contributed by atoms with Gasteiger partial charge in [0.15, 0.2) is 0 Å². The number of benzene rings is 1. The van der Waals surface area contributed by atoms with Crippen molar-refractivity contribution in [1.82, 2.24) is 15.5 Å². The van der Waals surface area contributed by atoms with Gasteiger partial charge in [0, 0.05) is 12.6 Å². The summed E-state index contributed by atoms with van der Waals surface area (Å²) >= 11 is 0. The summed E-state index contributed by atoms with van der Waals surface area (Å²) in [5, 5.41) is 5.98. The summed E-state index contributed by atoms with van der Waals surface area (Å²) in [5.41, 5.74) is 2.18. The van der Waals surface area contributed by atoms with Gasteiger partial charge in [-0.25, -0.2) is 4.79 Å². The van der Waals surface area contributed by atoms with E-state index in [0.717, 1.165) is 48.8 Å². The minimum absolute atomic E-state index is 0.138. The quantitative estimate of drug-likeness (QED) is 0.222. The van der Waals surface area contributed by atoms with Gasteiger partial charge in [0.25, 0.3) is 0 Å². The molecule has 40 heavy (non-hydrogen) atoms. The Morgan fingerprint density at radius 1 is 0.950 bits per heavy atom. The molecule has 7 heteroatoms. The first-order chi connectivity index (χ1) is 18.6. The molecular formula is C33H57N3O4. The highest BCUT2D eigenvalue weighted by atomic mass is 16.6. The molecule has 3 atom stereocenters. The van der Waals surface area contributed by atoms with E-state index in [1.807, 2.05) is 52.8 Å². The predicted octanol–water partition coefficient (Wildman–Crippen LogP) is 7.24. The van der Waals surface area contributed by atoms with Crippen molar-refractivity contribution in [3.63, 3.8) is 0 Å². The standard InChI is InChI=1S/C33H57N3O4/c1-12-13-14-20-34-30(37)29(27-17-15-16-24(6)26(27)8)36(25(7)19-18-22(2)3)31(38)28(21-23(4)5)35-32(39)40-33(9,10)11/h15-17,22-23,25,28-29H,12-14,18-21H2,1-11H3,(H,34,37)(H,35,39). The molecular weight excluding hydrogens is 502 g/mol. The largest absolute Gasteiger partial charge is 0.444 e. The Kier molecular flexibility index (Phi) is 14.7. The van der Waals surface area contributed by atoms with Crippen LogP contribution < -0.4 is 10.6 Å². The fourth-order valence-corrected chi connectivity index (χ4v) is 4.81. The number of alkyl carbamates (subject to hydrolysis) is 1. The van der Waals surface area contributed by atoms with Crippen molar-refractivity contribution in [1.29, 1.82) is 0 Å². The second-order valence-corrected chi connectivity index (χ2v) is 13.1. The van der Waals surface area contributed by atoms with Gasteiger partial charge in [-0.15, -0.1) is 0 Å². The van der Waals surface area contributed by atoms with Crippen LogP contribution in [0.3, 0.4) is 0 Å². The van der Waals surface area contributed by atoms with Crippen LogP contribution in [0.2, 0.25) is 0 Å². The predicted molar refractivity (Wildman–Crippen MR) is 164 cm³/mol. The van der Waals surface area contributed by atoms with Crippen LogP contribution in [0.15, 0.2) is 18.2 Å². The number of unbranched alkanes of at least 4 members (excludes halogenated alkanes) is 2. The van der Waals surface area contributed by atoms with Gasteiger partial charge >= 0.3 is 6.09 Å². The molecule has 0 aliphatic heterocycles. The normalized spacial score (nSPS) is 14.0. The lowest BCUT2D eigenvalue weighted by molar-refractivity contribution is -0.145. The lowest BCUT2D eigenvalue weighted by Gasteiger charge is -2.39. The van der Waals surface area contributed by atoms with Gasteiger partial charge in [-0.05, 0) is 95.8 Å². The van der Waals surface area contributed by atoms with Crippen LogP contribution in [0, 0.1) is 25.7 Å². The van der Waals surface area contributed by atoms with Crippen LogP contribution in [0.4, 0.5) is 4.79 Å². The first kappa shape index (κ1) is 35.5. The maximum absolute atomic E-state index is 14.5. The molecule has 1 aromatic carbocycles. The molecule has 1 aromatic rings. The third kappa shape index (κ3) is 11.9. The molecule has 0 aliphatic carbocycles. The SMILES string of the molecule is CCCCCNC(=O)C(c1cccc(C)c1C)N(C(=O)C(CC(C)C)NC(=O)OC(C)(C)C)C(C)CCC(C)C. The summed E-state index contributed by atoms with van der Waals surface area (Å²) in [5.74, 6) is 0.145. The molecule has 0 heterocycles. The number of nitrogens with zero attached hydrogens (tertiary/aromatic N) is 1. The number of rotatable bonds is 15. The van der Waals surface area contributed by atoms with Crippen molar-refractivity contribution < 1.29 is 19.1 Å². The number of nitrogens with one attached hydrogen (secondary N) is 2. The molecule has 0 saturated heterocycles. The van der Waals surface area contributed by atoms with Crippen LogP contribution in [-0.4, -0.2) is 47.0 Å². The second-order valence-electron chi connectivity index (χ2n) is 13.1. The van der Waals surface area contributed by atoms with Gasteiger partial charge in [-0.3, -0.25) is 9.59 Å². The number of ether oxygens (including phenoxy) is 1. The van der Waals surface area contributed by atoms with Gasteiger partial charge in [-0.1, -0.05) is 65.7 Å². The first-order valence-electron chi connectivity index (χ1n) is 15.2. The number of aryl methyl sites for hydroxylation is 1. The smallest absolute Gasteiger partial charge is 0.408 e. The minimum Gasteiger partial charge on any atom is -0.444 e. The summed E-state index contributed by atoms with van der Waals surface area (Å²) < 4.78 is 5.52. The molecule has 3 unspecified atom stereocenters. The van der Waals surface area contributed by atoms with E-state index in [-0.39, 0.29) is 23.8 Å². The van der Waals surface area contributed by atoms with E-state index in [9.17, 15) is 14.4 Å². The number of amides is 3. The average Bonchev–Trinajstić information content (AvgIpc) is 2.83. The van der Waals surface area contributed by atoms with Crippen LogP contribution in [0.1, 0.15) is 124 Å². The highest BCUT2D eigenvalue weighted by Gasteiger charge is 2.39. The lowest BCUT2D eigenvalue weighted by atomic mass is 9.92. The minimum atomic E-state index is -0.822. The summed E-state index contributed by atoms with van der Waals surface area (Å²) in [6, 6.07) is 4.06. The van der Waals surface area contributed by atoms with E-state index < -0.39 is 23.8 Å². The summed E-state index contributed by atoms with van der Waals surface area (Å²) in [7, 11) is 0. The number of hydrogen-bond acceptors (Lipinski definition) is 4. The fraction of sp³-hybridized carbons (Fsp3) is 0.727. The molecule has 3 amide bonds. The van der Waals surface area contributed by atoms with Crippen LogP contribution in [0.5, 0.6) is 0 Å². The van der Waals surface area contributed by atoms with Crippen LogP contribution in [0.25, 0.3) is 0 Å². The molecule has 0 fully saturated rings. The summed E-state index contributed by atoms with van der Waals surface area (Å²) in [6.07, 6.45) is 4.43. The van der Waals surface area contributed by atoms with Gasteiger partial charge in [-0.2, -0.15) is 0 Å². The maximum Gasteiger partial charge on any atom is 0.408 e. The first-order valence-corrected chi connectivity index (χ1v) is 15.2. The molecule has 2 N–H and O–H groups in total. The third-order valence-electron chi connectivity index (χ3n) is 7.13. The van der Waals surface area contributed by atoms with Gasteiger partial charge in [0.1, 0.15) is 17.7 Å². The van der Waals surface area contributed by atoms with Gasteiger partial charge < -0.3 is 20.3 Å². The Hall–Kier alpha value is -2.57. The van der Waals surface area contributed by atoms with E-state index in [4.69, 9.17) is 4.74 Å². The van der Waals surface area contributed by atoms with E-state index in [2.05, 4.69) is 31.4 Å². The molecule has 0 aromatic heterocycles. The number of carbonyl (C=O) groups is 3. The van der Waals surface area contributed by atoms with Crippen molar-refractivity contribution >= 4 is 17.9 Å². The zero-order chi connectivity index (χ0) is 30.6. The second kappa shape index (κ2) is 16.6. The highest BCUT2D eigenvalue weighted by Crippen LogP contribution is 2.31. The molecule has 0 bridgehead atoms. The molecule has 0 spiro atoms. The van der Waals surface area contributed by atoms with Crippen molar-refractivity contribution in [3.8, 4) is 0 Å². The zero-order valence-corrected chi connectivity index (χ0v) is 27.1. The van der Waals surface area contributed by atoms with Crippen LogP contribution in [-0.2, 0) is 14.3 Å². The van der Waals surface area contributed by atoms with Crippen molar-refractivity contribution in [2.75, 3.05) is 6.54 Å². The Bertz CT molecular complexity index is 952. The molecule has 0 radical (unpaired) electrons. The Morgan fingerprint density at radius 2 is 1.60 bits per heavy atom.